The third-order valence-electron chi connectivity index (χ3n) is 4.11. The van der Waals surface area contributed by atoms with Gasteiger partial charge in [-0.1, -0.05) is 19.3 Å². The minimum absolute atomic E-state index is 0.417. The molecule has 104 valence electrons. The van der Waals surface area contributed by atoms with Gasteiger partial charge in [-0.05, 0) is 31.0 Å². The lowest BCUT2D eigenvalue weighted by Crippen LogP contribution is -2.52. The first kappa shape index (κ1) is 14.0. The molecule has 1 unspecified atom stereocenters. The van der Waals surface area contributed by atoms with E-state index in [-0.39, 0.29) is 0 Å². The molecule has 2 fully saturated rings. The van der Waals surface area contributed by atoms with Crippen molar-refractivity contribution in [3.05, 3.63) is 0 Å². The van der Waals surface area contributed by atoms with Gasteiger partial charge in [-0.25, -0.2) is 0 Å². The summed E-state index contributed by atoms with van der Waals surface area (Å²) in [6.45, 7) is 4.81. The summed E-state index contributed by atoms with van der Waals surface area (Å²) < 4.78 is 5.40. The predicted molar refractivity (Wildman–Crippen MR) is 77.5 cm³/mol. The van der Waals surface area contributed by atoms with Crippen molar-refractivity contribution in [2.24, 2.45) is 11.7 Å². The van der Waals surface area contributed by atoms with Gasteiger partial charge in [0, 0.05) is 25.7 Å². The van der Waals surface area contributed by atoms with Crippen LogP contribution >= 0.6 is 12.2 Å². The lowest BCUT2D eigenvalue weighted by Gasteiger charge is -2.36. The van der Waals surface area contributed by atoms with Gasteiger partial charge in [0.2, 0.25) is 0 Å². The van der Waals surface area contributed by atoms with Crippen LogP contribution in [0, 0.1) is 5.92 Å². The Balaban J connectivity index is 1.88. The van der Waals surface area contributed by atoms with Crippen molar-refractivity contribution < 1.29 is 4.74 Å². The molecule has 3 N–H and O–H groups in total. The van der Waals surface area contributed by atoms with Crippen molar-refractivity contribution in [2.45, 2.75) is 38.1 Å². The highest BCUT2D eigenvalue weighted by Gasteiger charge is 2.26. The molecule has 1 saturated heterocycles. The quantitative estimate of drug-likeness (QED) is 0.750. The molecule has 4 nitrogen and oxygen atoms in total. The topological polar surface area (TPSA) is 50.5 Å². The summed E-state index contributed by atoms with van der Waals surface area (Å²) in [5.41, 5.74) is 5.68. The smallest absolute Gasteiger partial charge is 0.163 e. The van der Waals surface area contributed by atoms with Crippen molar-refractivity contribution in [1.29, 1.82) is 0 Å². The van der Waals surface area contributed by atoms with E-state index in [4.69, 9.17) is 22.7 Å². The van der Waals surface area contributed by atoms with Crippen LogP contribution in [-0.4, -0.2) is 48.9 Å². The number of morpholine rings is 1. The van der Waals surface area contributed by atoms with E-state index in [1.54, 1.807) is 0 Å². The molecule has 1 aliphatic carbocycles. The molecule has 0 radical (unpaired) electrons. The van der Waals surface area contributed by atoms with E-state index in [0.29, 0.717) is 11.2 Å². The van der Waals surface area contributed by atoms with E-state index in [1.165, 1.54) is 32.1 Å². The Morgan fingerprint density at radius 3 is 2.56 bits per heavy atom. The SMILES string of the molecule is NC(=S)NC(CN1CCOCC1)C1CCCCC1. The first-order valence-electron chi connectivity index (χ1n) is 7.12. The van der Waals surface area contributed by atoms with Crippen molar-refractivity contribution in [3.8, 4) is 0 Å². The van der Waals surface area contributed by atoms with E-state index < -0.39 is 0 Å². The first-order chi connectivity index (χ1) is 8.75. The number of nitrogens with two attached hydrogens (primary N) is 1. The van der Waals surface area contributed by atoms with Gasteiger partial charge in [0.1, 0.15) is 0 Å². The molecule has 1 heterocycles. The van der Waals surface area contributed by atoms with Gasteiger partial charge in [-0.3, -0.25) is 4.90 Å². The molecule has 1 saturated carbocycles. The Morgan fingerprint density at radius 2 is 1.94 bits per heavy atom. The lowest BCUT2D eigenvalue weighted by atomic mass is 9.83. The third-order valence-corrected chi connectivity index (χ3v) is 4.22. The monoisotopic (exact) mass is 271 g/mol. The van der Waals surface area contributed by atoms with Crippen LogP contribution in [0.2, 0.25) is 0 Å². The Bertz CT molecular complexity index is 263. The second kappa shape index (κ2) is 7.26. The number of hydrogen-bond donors (Lipinski definition) is 2. The Morgan fingerprint density at radius 1 is 1.28 bits per heavy atom. The minimum Gasteiger partial charge on any atom is -0.379 e. The molecule has 0 aromatic rings. The normalized spacial score (nSPS) is 24.7. The molecule has 0 aromatic carbocycles. The molecule has 2 aliphatic rings. The highest BCUT2D eigenvalue weighted by molar-refractivity contribution is 7.80. The second-order valence-corrected chi connectivity index (χ2v) is 5.87. The fourth-order valence-electron chi connectivity index (χ4n) is 3.09. The molecule has 18 heavy (non-hydrogen) atoms. The third kappa shape index (κ3) is 4.37. The number of nitrogens with zero attached hydrogens (tertiary/aromatic N) is 1. The van der Waals surface area contributed by atoms with Crippen LogP contribution in [0.1, 0.15) is 32.1 Å². The molecule has 1 aliphatic heterocycles. The number of rotatable bonds is 4. The molecule has 2 rings (SSSR count). The van der Waals surface area contributed by atoms with Crippen molar-refractivity contribution in [3.63, 3.8) is 0 Å². The standard InChI is InChI=1S/C13H25N3OS/c14-13(18)15-12(11-4-2-1-3-5-11)10-16-6-8-17-9-7-16/h11-12H,1-10H2,(H3,14,15,18). The van der Waals surface area contributed by atoms with Gasteiger partial charge in [0.15, 0.2) is 5.11 Å². The van der Waals surface area contributed by atoms with Crippen LogP contribution in [0.15, 0.2) is 0 Å². The van der Waals surface area contributed by atoms with Gasteiger partial charge >= 0.3 is 0 Å². The van der Waals surface area contributed by atoms with E-state index in [1.807, 2.05) is 0 Å². The van der Waals surface area contributed by atoms with Gasteiger partial charge < -0.3 is 15.8 Å². The fourth-order valence-corrected chi connectivity index (χ4v) is 3.25. The Hall–Kier alpha value is -0.390. The summed E-state index contributed by atoms with van der Waals surface area (Å²) >= 11 is 5.03. The highest BCUT2D eigenvalue weighted by Crippen LogP contribution is 2.27. The Labute approximate surface area is 115 Å². The van der Waals surface area contributed by atoms with Crippen molar-refractivity contribution in [2.75, 3.05) is 32.8 Å². The van der Waals surface area contributed by atoms with Gasteiger partial charge in [-0.15, -0.1) is 0 Å². The first-order valence-corrected chi connectivity index (χ1v) is 7.52. The maximum atomic E-state index is 5.68. The lowest BCUT2D eigenvalue weighted by molar-refractivity contribution is 0.0300. The molecular weight excluding hydrogens is 246 g/mol. The molecular formula is C13H25N3OS. The minimum atomic E-state index is 0.417. The van der Waals surface area contributed by atoms with Gasteiger partial charge in [0.25, 0.3) is 0 Å². The highest BCUT2D eigenvalue weighted by atomic mass is 32.1. The van der Waals surface area contributed by atoms with E-state index in [0.717, 1.165) is 38.8 Å². The predicted octanol–water partition coefficient (Wildman–Crippen LogP) is 1.10. The van der Waals surface area contributed by atoms with Crippen LogP contribution in [0.5, 0.6) is 0 Å². The Kier molecular flexibility index (Phi) is 5.66. The van der Waals surface area contributed by atoms with Crippen LogP contribution in [-0.2, 0) is 4.74 Å². The van der Waals surface area contributed by atoms with Crippen LogP contribution in [0.4, 0.5) is 0 Å². The number of hydrogen-bond acceptors (Lipinski definition) is 3. The number of nitrogens with one attached hydrogen (secondary N) is 1. The molecule has 5 heteroatoms. The second-order valence-electron chi connectivity index (χ2n) is 5.43. The zero-order chi connectivity index (χ0) is 12.8. The van der Waals surface area contributed by atoms with Gasteiger partial charge in [-0.2, -0.15) is 0 Å². The summed E-state index contributed by atoms with van der Waals surface area (Å²) in [4.78, 5) is 2.47. The van der Waals surface area contributed by atoms with Crippen molar-refractivity contribution in [1.82, 2.24) is 10.2 Å². The number of thiocarbonyl (C=S) groups is 1. The largest absolute Gasteiger partial charge is 0.379 e. The van der Waals surface area contributed by atoms with Crippen LogP contribution < -0.4 is 11.1 Å². The zero-order valence-electron chi connectivity index (χ0n) is 11.1. The zero-order valence-corrected chi connectivity index (χ0v) is 11.9. The molecule has 0 aromatic heterocycles. The average Bonchev–Trinajstić information content (AvgIpc) is 2.40. The summed E-state index contributed by atoms with van der Waals surface area (Å²) in [5.74, 6) is 0.725. The maximum absolute atomic E-state index is 5.68. The summed E-state index contributed by atoms with van der Waals surface area (Å²) in [6.07, 6.45) is 6.70. The van der Waals surface area contributed by atoms with Crippen LogP contribution in [0.25, 0.3) is 0 Å². The average molecular weight is 271 g/mol. The summed E-state index contributed by atoms with van der Waals surface area (Å²) in [7, 11) is 0. The molecule has 0 bridgehead atoms. The number of ether oxygens (including phenoxy) is 1. The summed E-state index contributed by atoms with van der Waals surface area (Å²) in [5, 5.41) is 3.77. The van der Waals surface area contributed by atoms with Crippen LogP contribution in [0.3, 0.4) is 0 Å². The fraction of sp³-hybridized carbons (Fsp3) is 0.923. The maximum Gasteiger partial charge on any atom is 0.163 e. The molecule has 0 spiro atoms. The van der Waals surface area contributed by atoms with Gasteiger partial charge in [0.05, 0.1) is 13.2 Å². The van der Waals surface area contributed by atoms with E-state index in [9.17, 15) is 0 Å². The summed E-state index contributed by atoms with van der Waals surface area (Å²) in [6, 6.07) is 0.417. The van der Waals surface area contributed by atoms with E-state index in [2.05, 4.69) is 10.2 Å². The van der Waals surface area contributed by atoms with Crippen molar-refractivity contribution >= 4 is 17.3 Å². The molecule has 0 amide bonds. The van der Waals surface area contributed by atoms with E-state index >= 15 is 0 Å². The molecule has 1 atom stereocenters.